The summed E-state index contributed by atoms with van der Waals surface area (Å²) >= 11 is 0. The zero-order valence-electron chi connectivity index (χ0n) is 10.2. The molecule has 0 unspecified atom stereocenters. The molecule has 0 amide bonds. The summed E-state index contributed by atoms with van der Waals surface area (Å²) in [4.78, 5) is 4.42. The Hall–Kier alpha value is -2.29. The van der Waals surface area contributed by atoms with Gasteiger partial charge in [0.2, 0.25) is 5.89 Å². The Morgan fingerprint density at radius 1 is 1.06 bits per heavy atom. The number of fused-ring (bicyclic) bond motifs is 1. The minimum Gasteiger partial charge on any atom is -0.439 e. The van der Waals surface area contributed by atoms with E-state index >= 15 is 0 Å². The van der Waals surface area contributed by atoms with E-state index < -0.39 is 0 Å². The third kappa shape index (κ3) is 2.20. The van der Waals surface area contributed by atoms with Crippen LogP contribution >= 0.6 is 0 Å². The minimum atomic E-state index is 0.595. The van der Waals surface area contributed by atoms with E-state index in [0.29, 0.717) is 12.4 Å². The lowest BCUT2D eigenvalue weighted by molar-refractivity contribution is 0.540. The molecule has 0 saturated heterocycles. The third-order valence-corrected chi connectivity index (χ3v) is 2.83. The van der Waals surface area contributed by atoms with Gasteiger partial charge in [-0.05, 0) is 31.2 Å². The van der Waals surface area contributed by atoms with Gasteiger partial charge in [0.15, 0.2) is 5.58 Å². The van der Waals surface area contributed by atoms with Crippen molar-refractivity contribution in [1.82, 2.24) is 4.98 Å². The van der Waals surface area contributed by atoms with Gasteiger partial charge in [0.25, 0.3) is 0 Å². The first kappa shape index (κ1) is 10.8. The average Bonchev–Trinajstić information content (AvgIpc) is 2.81. The fourth-order valence-electron chi connectivity index (χ4n) is 1.84. The predicted molar refractivity (Wildman–Crippen MR) is 72.5 cm³/mol. The van der Waals surface area contributed by atoms with Crippen molar-refractivity contribution in [3.63, 3.8) is 0 Å². The fraction of sp³-hybridized carbons (Fsp3) is 0.133. The number of hydrogen-bond acceptors (Lipinski definition) is 3. The van der Waals surface area contributed by atoms with Gasteiger partial charge >= 0.3 is 0 Å². The zero-order valence-corrected chi connectivity index (χ0v) is 10.2. The molecule has 0 aliphatic rings. The smallest absolute Gasteiger partial charge is 0.214 e. The summed E-state index contributed by atoms with van der Waals surface area (Å²) in [5.41, 5.74) is 4.06. The lowest BCUT2D eigenvalue weighted by atomic mass is 10.2. The van der Waals surface area contributed by atoms with Crippen LogP contribution in [0.1, 0.15) is 11.5 Å². The van der Waals surface area contributed by atoms with Gasteiger partial charge in [-0.1, -0.05) is 29.8 Å². The van der Waals surface area contributed by atoms with Crippen LogP contribution in [0.3, 0.4) is 0 Å². The fourth-order valence-corrected chi connectivity index (χ4v) is 1.84. The maximum Gasteiger partial charge on any atom is 0.214 e. The second kappa shape index (κ2) is 4.53. The van der Waals surface area contributed by atoms with Crippen molar-refractivity contribution >= 4 is 16.8 Å². The Balaban J connectivity index is 1.74. The van der Waals surface area contributed by atoms with Crippen molar-refractivity contribution in [1.29, 1.82) is 0 Å². The molecule has 3 heteroatoms. The van der Waals surface area contributed by atoms with Gasteiger partial charge in [-0.2, -0.15) is 0 Å². The van der Waals surface area contributed by atoms with E-state index in [0.717, 1.165) is 16.8 Å². The summed E-state index contributed by atoms with van der Waals surface area (Å²) in [5, 5.41) is 3.29. The molecule has 3 nitrogen and oxygen atoms in total. The first-order chi connectivity index (χ1) is 8.81. The molecule has 0 saturated carbocycles. The van der Waals surface area contributed by atoms with Crippen molar-refractivity contribution in [2.75, 3.05) is 5.32 Å². The molecule has 1 N–H and O–H groups in total. The van der Waals surface area contributed by atoms with Crippen LogP contribution in [0.2, 0.25) is 0 Å². The molecule has 1 heterocycles. The summed E-state index contributed by atoms with van der Waals surface area (Å²) < 4.78 is 5.64. The number of aryl methyl sites for hydroxylation is 1. The van der Waals surface area contributed by atoms with Crippen LogP contribution in [-0.4, -0.2) is 4.98 Å². The van der Waals surface area contributed by atoms with E-state index in [2.05, 4.69) is 41.5 Å². The molecule has 1 aromatic heterocycles. The van der Waals surface area contributed by atoms with Crippen molar-refractivity contribution < 1.29 is 4.42 Å². The van der Waals surface area contributed by atoms with E-state index in [1.807, 2.05) is 24.3 Å². The molecule has 0 fully saturated rings. The van der Waals surface area contributed by atoms with Crippen LogP contribution in [0.15, 0.2) is 52.9 Å². The highest BCUT2D eigenvalue weighted by atomic mass is 16.3. The molecular weight excluding hydrogens is 224 g/mol. The number of benzene rings is 2. The molecule has 0 aliphatic heterocycles. The van der Waals surface area contributed by atoms with Crippen molar-refractivity contribution in [3.8, 4) is 0 Å². The van der Waals surface area contributed by atoms with Gasteiger partial charge < -0.3 is 9.73 Å². The van der Waals surface area contributed by atoms with Gasteiger partial charge in [0.05, 0.1) is 6.54 Å². The van der Waals surface area contributed by atoms with Crippen molar-refractivity contribution in [2.45, 2.75) is 13.5 Å². The first-order valence-electron chi connectivity index (χ1n) is 5.96. The van der Waals surface area contributed by atoms with Crippen LogP contribution in [0.4, 0.5) is 5.69 Å². The van der Waals surface area contributed by atoms with Crippen LogP contribution in [-0.2, 0) is 6.54 Å². The highest BCUT2D eigenvalue weighted by Crippen LogP contribution is 2.16. The Morgan fingerprint density at radius 2 is 1.83 bits per heavy atom. The average molecular weight is 238 g/mol. The molecule has 18 heavy (non-hydrogen) atoms. The topological polar surface area (TPSA) is 38.1 Å². The summed E-state index contributed by atoms with van der Waals surface area (Å²) in [7, 11) is 0. The van der Waals surface area contributed by atoms with Gasteiger partial charge in [-0.25, -0.2) is 4.98 Å². The first-order valence-corrected chi connectivity index (χ1v) is 5.96. The van der Waals surface area contributed by atoms with Gasteiger partial charge in [0.1, 0.15) is 5.52 Å². The number of rotatable bonds is 3. The normalized spacial score (nSPS) is 10.7. The molecule has 0 bridgehead atoms. The number of nitrogens with one attached hydrogen (secondary N) is 1. The van der Waals surface area contributed by atoms with Gasteiger partial charge in [-0.15, -0.1) is 0 Å². The highest BCUT2D eigenvalue weighted by molar-refractivity contribution is 5.72. The lowest BCUT2D eigenvalue weighted by Crippen LogP contribution is -1.99. The maximum atomic E-state index is 5.64. The van der Waals surface area contributed by atoms with E-state index in [1.54, 1.807) is 0 Å². The predicted octanol–water partition coefficient (Wildman–Crippen LogP) is 3.75. The number of hydrogen-bond donors (Lipinski definition) is 1. The summed E-state index contributed by atoms with van der Waals surface area (Å²) in [6.07, 6.45) is 0. The Labute approximate surface area is 105 Å². The van der Waals surface area contributed by atoms with E-state index in [1.165, 1.54) is 5.56 Å². The molecule has 0 radical (unpaired) electrons. The summed E-state index contributed by atoms with van der Waals surface area (Å²) in [5.74, 6) is 0.705. The van der Waals surface area contributed by atoms with Crippen LogP contribution in [0.5, 0.6) is 0 Å². The van der Waals surface area contributed by atoms with E-state index in [9.17, 15) is 0 Å². The molecule has 0 spiro atoms. The molecular formula is C15H14N2O. The Bertz CT molecular complexity index is 623. The summed E-state index contributed by atoms with van der Waals surface area (Å²) in [6, 6.07) is 16.1. The quantitative estimate of drug-likeness (QED) is 0.755. The Morgan fingerprint density at radius 3 is 2.61 bits per heavy atom. The monoisotopic (exact) mass is 238 g/mol. The Kier molecular flexibility index (Phi) is 2.73. The molecule has 3 rings (SSSR count). The maximum absolute atomic E-state index is 5.64. The second-order valence-corrected chi connectivity index (χ2v) is 4.29. The van der Waals surface area contributed by atoms with Gasteiger partial charge in [-0.3, -0.25) is 0 Å². The summed E-state index contributed by atoms with van der Waals surface area (Å²) in [6.45, 7) is 2.67. The molecule has 3 aromatic rings. The minimum absolute atomic E-state index is 0.595. The number of anilines is 1. The van der Waals surface area contributed by atoms with Crippen molar-refractivity contribution in [2.24, 2.45) is 0 Å². The van der Waals surface area contributed by atoms with Crippen LogP contribution in [0.25, 0.3) is 11.1 Å². The lowest BCUT2D eigenvalue weighted by Gasteiger charge is -2.03. The molecule has 0 aliphatic carbocycles. The zero-order chi connectivity index (χ0) is 12.4. The second-order valence-electron chi connectivity index (χ2n) is 4.29. The number of oxazole rings is 1. The standard InChI is InChI=1S/C15H14N2O/c1-11-6-8-12(9-7-11)16-10-15-17-13-4-2-3-5-14(13)18-15/h2-9,16H,10H2,1H3. The van der Waals surface area contributed by atoms with Gasteiger partial charge in [0, 0.05) is 5.69 Å². The number of para-hydroxylation sites is 2. The van der Waals surface area contributed by atoms with E-state index in [4.69, 9.17) is 4.42 Å². The molecule has 2 aromatic carbocycles. The van der Waals surface area contributed by atoms with Crippen molar-refractivity contribution in [3.05, 3.63) is 60.0 Å². The van der Waals surface area contributed by atoms with Crippen LogP contribution < -0.4 is 5.32 Å². The SMILES string of the molecule is Cc1ccc(NCc2nc3ccccc3o2)cc1. The largest absolute Gasteiger partial charge is 0.439 e. The van der Waals surface area contributed by atoms with Crippen LogP contribution in [0, 0.1) is 6.92 Å². The third-order valence-electron chi connectivity index (χ3n) is 2.83. The molecule has 0 atom stereocenters. The van der Waals surface area contributed by atoms with E-state index in [-0.39, 0.29) is 0 Å². The number of aromatic nitrogens is 1. The number of nitrogens with zero attached hydrogens (tertiary/aromatic N) is 1. The molecule has 90 valence electrons. The highest BCUT2D eigenvalue weighted by Gasteiger charge is 2.04.